The van der Waals surface area contributed by atoms with Gasteiger partial charge in [-0.3, -0.25) is 0 Å². The highest BCUT2D eigenvalue weighted by Crippen LogP contribution is 2.23. The van der Waals surface area contributed by atoms with E-state index in [-0.39, 0.29) is 0 Å². The van der Waals surface area contributed by atoms with Crippen molar-refractivity contribution in [2.24, 2.45) is 0 Å². The number of benzene rings is 1. The molecule has 2 nitrogen and oxygen atoms in total. The zero-order valence-electron chi connectivity index (χ0n) is 12.4. The van der Waals surface area contributed by atoms with Crippen LogP contribution in [0.3, 0.4) is 0 Å². The van der Waals surface area contributed by atoms with Crippen LogP contribution in [0.2, 0.25) is 0 Å². The van der Waals surface area contributed by atoms with Crippen LogP contribution in [0.4, 0.5) is 0 Å². The highest BCUT2D eigenvalue weighted by atomic mass is 32.1. The standard InChI is InChI=1S/C16H22N2S/c1-10-6-11(2)16(12(3)7-10)14(5)17-8-15-18-13(4)9-19-15/h6-7,9,14,17H,8H2,1-5H3. The molecule has 2 aromatic rings. The Kier molecular flexibility index (Phi) is 4.38. The lowest BCUT2D eigenvalue weighted by Crippen LogP contribution is -2.20. The van der Waals surface area contributed by atoms with Crippen molar-refractivity contribution in [2.45, 2.75) is 47.2 Å². The first-order valence-corrected chi connectivity index (χ1v) is 7.57. The van der Waals surface area contributed by atoms with Gasteiger partial charge in [0, 0.05) is 23.7 Å². The first kappa shape index (κ1) is 14.2. The molecular formula is C16H22N2S. The molecule has 102 valence electrons. The topological polar surface area (TPSA) is 24.9 Å². The minimum absolute atomic E-state index is 0.352. The summed E-state index contributed by atoms with van der Waals surface area (Å²) >= 11 is 1.72. The van der Waals surface area contributed by atoms with Crippen LogP contribution in [0, 0.1) is 27.7 Å². The van der Waals surface area contributed by atoms with E-state index >= 15 is 0 Å². The van der Waals surface area contributed by atoms with Crippen LogP contribution in [-0.2, 0) is 6.54 Å². The fourth-order valence-electron chi connectivity index (χ4n) is 2.70. The second kappa shape index (κ2) is 5.85. The molecule has 1 heterocycles. The molecule has 1 aromatic heterocycles. The van der Waals surface area contributed by atoms with E-state index in [1.54, 1.807) is 11.3 Å². The van der Waals surface area contributed by atoms with Crippen LogP contribution in [0.5, 0.6) is 0 Å². The van der Waals surface area contributed by atoms with Crippen molar-refractivity contribution in [1.29, 1.82) is 0 Å². The quantitative estimate of drug-likeness (QED) is 0.902. The number of nitrogens with zero attached hydrogens (tertiary/aromatic N) is 1. The predicted molar refractivity (Wildman–Crippen MR) is 82.8 cm³/mol. The molecular weight excluding hydrogens is 252 g/mol. The third kappa shape index (κ3) is 3.43. The van der Waals surface area contributed by atoms with Crippen molar-refractivity contribution in [1.82, 2.24) is 10.3 Å². The van der Waals surface area contributed by atoms with Gasteiger partial charge in [0.05, 0.1) is 0 Å². The minimum Gasteiger partial charge on any atom is -0.304 e. The van der Waals surface area contributed by atoms with E-state index in [2.05, 4.69) is 55.5 Å². The van der Waals surface area contributed by atoms with Gasteiger partial charge in [-0.2, -0.15) is 0 Å². The van der Waals surface area contributed by atoms with E-state index in [0.717, 1.165) is 17.2 Å². The van der Waals surface area contributed by atoms with Gasteiger partial charge in [-0.25, -0.2) is 4.98 Å². The van der Waals surface area contributed by atoms with E-state index in [1.165, 1.54) is 22.3 Å². The van der Waals surface area contributed by atoms with Crippen molar-refractivity contribution in [2.75, 3.05) is 0 Å². The molecule has 3 heteroatoms. The first-order chi connectivity index (χ1) is 8.97. The highest BCUT2D eigenvalue weighted by molar-refractivity contribution is 7.09. The maximum absolute atomic E-state index is 4.49. The maximum Gasteiger partial charge on any atom is 0.107 e. The Morgan fingerprint density at radius 1 is 1.16 bits per heavy atom. The van der Waals surface area contributed by atoms with E-state index in [9.17, 15) is 0 Å². The van der Waals surface area contributed by atoms with Gasteiger partial charge in [0.15, 0.2) is 0 Å². The fraction of sp³-hybridized carbons (Fsp3) is 0.438. The number of rotatable bonds is 4. The van der Waals surface area contributed by atoms with Crippen LogP contribution in [0.1, 0.15) is 45.9 Å². The van der Waals surface area contributed by atoms with Crippen molar-refractivity contribution in [3.05, 3.63) is 50.5 Å². The predicted octanol–water partition coefficient (Wildman–Crippen LogP) is 4.23. The van der Waals surface area contributed by atoms with Crippen LogP contribution >= 0.6 is 11.3 Å². The Morgan fingerprint density at radius 2 is 1.79 bits per heavy atom. The molecule has 0 saturated carbocycles. The maximum atomic E-state index is 4.49. The monoisotopic (exact) mass is 274 g/mol. The Hall–Kier alpha value is -1.19. The molecule has 1 aromatic carbocycles. The van der Waals surface area contributed by atoms with Gasteiger partial charge < -0.3 is 5.32 Å². The lowest BCUT2D eigenvalue weighted by atomic mass is 9.95. The number of hydrogen-bond acceptors (Lipinski definition) is 3. The summed E-state index contributed by atoms with van der Waals surface area (Å²) in [6.07, 6.45) is 0. The Morgan fingerprint density at radius 3 is 2.32 bits per heavy atom. The largest absolute Gasteiger partial charge is 0.304 e. The number of nitrogens with one attached hydrogen (secondary N) is 1. The molecule has 0 spiro atoms. The zero-order chi connectivity index (χ0) is 14.0. The summed E-state index contributed by atoms with van der Waals surface area (Å²) in [7, 11) is 0. The molecule has 0 fully saturated rings. The van der Waals surface area contributed by atoms with Crippen molar-refractivity contribution < 1.29 is 0 Å². The van der Waals surface area contributed by atoms with Gasteiger partial charge in [0.1, 0.15) is 5.01 Å². The van der Waals surface area contributed by atoms with Crippen molar-refractivity contribution >= 4 is 11.3 Å². The summed E-state index contributed by atoms with van der Waals surface area (Å²) < 4.78 is 0. The summed E-state index contributed by atoms with van der Waals surface area (Å²) in [5.41, 5.74) is 6.60. The van der Waals surface area contributed by atoms with E-state index in [0.29, 0.717) is 6.04 Å². The van der Waals surface area contributed by atoms with Gasteiger partial charge in [0.2, 0.25) is 0 Å². The van der Waals surface area contributed by atoms with Gasteiger partial charge >= 0.3 is 0 Å². The molecule has 2 rings (SSSR count). The van der Waals surface area contributed by atoms with Crippen LogP contribution in [0.15, 0.2) is 17.5 Å². The van der Waals surface area contributed by atoms with E-state index in [4.69, 9.17) is 0 Å². The average Bonchev–Trinajstić information content (AvgIpc) is 2.71. The summed E-state index contributed by atoms with van der Waals surface area (Å²) in [6.45, 7) is 11.7. The van der Waals surface area contributed by atoms with Gasteiger partial charge in [-0.15, -0.1) is 11.3 Å². The molecule has 0 aliphatic carbocycles. The molecule has 0 radical (unpaired) electrons. The molecule has 1 N–H and O–H groups in total. The minimum atomic E-state index is 0.352. The smallest absolute Gasteiger partial charge is 0.107 e. The molecule has 19 heavy (non-hydrogen) atoms. The third-order valence-electron chi connectivity index (χ3n) is 3.40. The molecule has 1 unspecified atom stereocenters. The van der Waals surface area contributed by atoms with Gasteiger partial charge in [-0.05, 0) is 51.3 Å². The number of thiazole rings is 1. The lowest BCUT2D eigenvalue weighted by molar-refractivity contribution is 0.567. The molecule has 0 aliphatic heterocycles. The van der Waals surface area contributed by atoms with E-state index < -0.39 is 0 Å². The van der Waals surface area contributed by atoms with Crippen molar-refractivity contribution in [3.63, 3.8) is 0 Å². The zero-order valence-corrected chi connectivity index (χ0v) is 13.2. The van der Waals surface area contributed by atoms with Crippen LogP contribution in [0.25, 0.3) is 0 Å². The summed E-state index contributed by atoms with van der Waals surface area (Å²) in [6, 6.07) is 4.87. The average molecular weight is 274 g/mol. The molecule has 0 amide bonds. The van der Waals surface area contributed by atoms with Crippen LogP contribution < -0.4 is 5.32 Å². The Balaban J connectivity index is 2.10. The molecule has 0 saturated heterocycles. The highest BCUT2D eigenvalue weighted by Gasteiger charge is 2.12. The van der Waals surface area contributed by atoms with Gasteiger partial charge in [-0.1, -0.05) is 17.7 Å². The summed E-state index contributed by atoms with van der Waals surface area (Å²) in [5, 5.41) is 6.84. The second-order valence-corrected chi connectivity index (χ2v) is 6.24. The molecule has 1 atom stereocenters. The van der Waals surface area contributed by atoms with Crippen molar-refractivity contribution in [3.8, 4) is 0 Å². The van der Waals surface area contributed by atoms with Crippen LogP contribution in [-0.4, -0.2) is 4.98 Å². The number of aromatic nitrogens is 1. The number of aryl methyl sites for hydroxylation is 4. The third-order valence-corrected chi connectivity index (χ3v) is 4.36. The number of hydrogen-bond donors (Lipinski definition) is 1. The fourth-order valence-corrected chi connectivity index (χ4v) is 3.42. The Labute approximate surface area is 119 Å². The first-order valence-electron chi connectivity index (χ1n) is 6.69. The lowest BCUT2D eigenvalue weighted by Gasteiger charge is -2.19. The summed E-state index contributed by atoms with van der Waals surface area (Å²) in [4.78, 5) is 4.49. The molecule has 0 bridgehead atoms. The normalized spacial score (nSPS) is 12.7. The van der Waals surface area contributed by atoms with Gasteiger partial charge in [0.25, 0.3) is 0 Å². The molecule has 0 aliphatic rings. The Bertz CT molecular complexity index is 549. The van der Waals surface area contributed by atoms with E-state index in [1.807, 2.05) is 6.92 Å². The second-order valence-electron chi connectivity index (χ2n) is 5.30. The SMILES string of the molecule is Cc1cc(C)c(C(C)NCc2nc(C)cs2)c(C)c1. The summed E-state index contributed by atoms with van der Waals surface area (Å²) in [5.74, 6) is 0.